The van der Waals surface area contributed by atoms with Gasteiger partial charge in [0.15, 0.2) is 0 Å². The molecule has 0 aliphatic heterocycles. The first-order chi connectivity index (χ1) is 8.42. The zero-order chi connectivity index (χ0) is 13.6. The van der Waals surface area contributed by atoms with Crippen LogP contribution in [0.4, 0.5) is 0 Å². The molecule has 1 atom stereocenters. The van der Waals surface area contributed by atoms with Gasteiger partial charge in [0.25, 0.3) is 0 Å². The van der Waals surface area contributed by atoms with Crippen LogP contribution in [0.25, 0.3) is 0 Å². The van der Waals surface area contributed by atoms with Crippen molar-refractivity contribution in [1.29, 1.82) is 0 Å². The number of nitrogens with one attached hydrogen (secondary N) is 1. The van der Waals surface area contributed by atoms with Gasteiger partial charge in [-0.3, -0.25) is 4.68 Å². The highest BCUT2D eigenvalue weighted by Gasteiger charge is 2.14. The van der Waals surface area contributed by atoms with Gasteiger partial charge in [-0.1, -0.05) is 13.3 Å². The van der Waals surface area contributed by atoms with Crippen LogP contribution < -0.4 is 5.32 Å². The third-order valence-corrected chi connectivity index (χ3v) is 3.35. The van der Waals surface area contributed by atoms with E-state index in [0.717, 1.165) is 18.9 Å². The highest BCUT2D eigenvalue weighted by Crippen LogP contribution is 2.15. The van der Waals surface area contributed by atoms with Gasteiger partial charge in [0.1, 0.15) is 0 Å². The van der Waals surface area contributed by atoms with E-state index < -0.39 is 0 Å². The molecule has 0 spiro atoms. The summed E-state index contributed by atoms with van der Waals surface area (Å²) in [6.07, 6.45) is 6.84. The molecule has 0 saturated heterocycles. The third-order valence-electron chi connectivity index (χ3n) is 3.35. The molecule has 1 unspecified atom stereocenters. The van der Waals surface area contributed by atoms with Crippen LogP contribution in [0.5, 0.6) is 0 Å². The molecule has 0 aromatic carbocycles. The van der Waals surface area contributed by atoms with Crippen LogP contribution >= 0.6 is 0 Å². The Bertz CT molecular complexity index is 336. The van der Waals surface area contributed by atoms with Crippen LogP contribution in [0.2, 0.25) is 0 Å². The molecular weight excluding hydrogens is 222 g/mol. The first-order valence-electron chi connectivity index (χ1n) is 7.14. The first-order valence-corrected chi connectivity index (χ1v) is 7.14. The summed E-state index contributed by atoms with van der Waals surface area (Å²) in [6, 6.07) is 2.13. The highest BCUT2D eigenvalue weighted by atomic mass is 15.2. The van der Waals surface area contributed by atoms with E-state index in [4.69, 9.17) is 0 Å². The van der Waals surface area contributed by atoms with Gasteiger partial charge in [0.2, 0.25) is 0 Å². The van der Waals surface area contributed by atoms with E-state index in [1.54, 1.807) is 0 Å². The molecule has 0 amide bonds. The van der Waals surface area contributed by atoms with E-state index >= 15 is 0 Å². The fourth-order valence-electron chi connectivity index (χ4n) is 2.21. The van der Waals surface area contributed by atoms with Crippen LogP contribution in [0.15, 0.2) is 12.3 Å². The lowest BCUT2D eigenvalue weighted by Gasteiger charge is -2.25. The predicted octanol–water partition coefficient (Wildman–Crippen LogP) is 3.16. The van der Waals surface area contributed by atoms with Gasteiger partial charge in [0, 0.05) is 24.5 Å². The number of nitrogens with zero attached hydrogens (tertiary/aromatic N) is 2. The summed E-state index contributed by atoms with van der Waals surface area (Å²) in [5.41, 5.74) is 1.56. The minimum atomic E-state index is 0.221. The van der Waals surface area contributed by atoms with Crippen LogP contribution in [0, 0.1) is 5.92 Å². The molecule has 0 aliphatic rings. The Hall–Kier alpha value is -0.830. The molecule has 0 aliphatic carbocycles. The normalized spacial score (nSPS) is 13.8. The molecule has 0 radical (unpaired) electrons. The molecule has 104 valence electrons. The lowest BCUT2D eigenvalue weighted by atomic mass is 9.95. The van der Waals surface area contributed by atoms with Crippen molar-refractivity contribution in [2.24, 2.45) is 13.0 Å². The molecule has 1 aromatic heterocycles. The molecule has 1 N–H and O–H groups in total. The zero-order valence-corrected chi connectivity index (χ0v) is 12.7. The van der Waals surface area contributed by atoms with E-state index in [1.807, 2.05) is 17.9 Å². The largest absolute Gasteiger partial charge is 0.312 e. The first kappa shape index (κ1) is 15.2. The maximum absolute atomic E-state index is 4.23. The Morgan fingerprint density at radius 2 is 2.06 bits per heavy atom. The summed E-state index contributed by atoms with van der Waals surface area (Å²) in [4.78, 5) is 0. The van der Waals surface area contributed by atoms with E-state index in [2.05, 4.69) is 44.2 Å². The van der Waals surface area contributed by atoms with E-state index in [9.17, 15) is 0 Å². The van der Waals surface area contributed by atoms with Gasteiger partial charge in [-0.05, 0) is 58.6 Å². The maximum Gasteiger partial charge on any atom is 0.0492 e. The monoisotopic (exact) mass is 251 g/mol. The van der Waals surface area contributed by atoms with Gasteiger partial charge in [-0.15, -0.1) is 0 Å². The topological polar surface area (TPSA) is 29.9 Å². The predicted molar refractivity (Wildman–Crippen MR) is 77.7 cm³/mol. The Morgan fingerprint density at radius 1 is 1.33 bits per heavy atom. The second-order valence-electron chi connectivity index (χ2n) is 6.27. The average Bonchev–Trinajstić information content (AvgIpc) is 2.67. The second kappa shape index (κ2) is 6.93. The van der Waals surface area contributed by atoms with E-state index in [-0.39, 0.29) is 5.54 Å². The van der Waals surface area contributed by atoms with Gasteiger partial charge in [-0.25, -0.2) is 0 Å². The Balaban J connectivity index is 2.40. The molecular formula is C15H29N3. The fourth-order valence-corrected chi connectivity index (χ4v) is 2.21. The van der Waals surface area contributed by atoms with Gasteiger partial charge < -0.3 is 5.32 Å². The molecule has 18 heavy (non-hydrogen) atoms. The molecule has 1 rings (SSSR count). The van der Waals surface area contributed by atoms with Crippen molar-refractivity contribution < 1.29 is 0 Å². The molecule has 3 nitrogen and oxygen atoms in total. The van der Waals surface area contributed by atoms with Crippen molar-refractivity contribution in [3.63, 3.8) is 0 Å². The van der Waals surface area contributed by atoms with Gasteiger partial charge in [-0.2, -0.15) is 5.10 Å². The Kier molecular flexibility index (Phi) is 5.86. The smallest absolute Gasteiger partial charge is 0.0492 e. The van der Waals surface area contributed by atoms with Crippen LogP contribution in [-0.4, -0.2) is 21.9 Å². The quantitative estimate of drug-likeness (QED) is 0.806. The van der Waals surface area contributed by atoms with E-state index in [0.29, 0.717) is 0 Å². The molecule has 3 heteroatoms. The molecule has 1 aromatic rings. The number of aromatic nitrogens is 2. The summed E-state index contributed by atoms with van der Waals surface area (Å²) in [6.45, 7) is 10.1. The van der Waals surface area contributed by atoms with Crippen molar-refractivity contribution in [2.45, 2.75) is 58.9 Å². The SMILES string of the molecule is CCCC(CCc1ccnn1C)CNC(C)(C)C. The summed E-state index contributed by atoms with van der Waals surface area (Å²) in [5.74, 6) is 0.768. The standard InChI is InChI=1S/C15H29N3/c1-6-7-13(12-16-15(2,3)4)8-9-14-10-11-17-18(14)5/h10-11,13,16H,6-9,12H2,1-5H3. The number of hydrogen-bond donors (Lipinski definition) is 1. The highest BCUT2D eigenvalue weighted by molar-refractivity contribution is 5.00. The summed E-state index contributed by atoms with van der Waals surface area (Å²) < 4.78 is 1.99. The second-order valence-corrected chi connectivity index (χ2v) is 6.27. The number of rotatable bonds is 7. The number of hydrogen-bond acceptors (Lipinski definition) is 2. The van der Waals surface area contributed by atoms with Crippen molar-refractivity contribution in [2.75, 3.05) is 6.54 Å². The third kappa shape index (κ3) is 5.67. The van der Waals surface area contributed by atoms with Gasteiger partial charge in [0.05, 0.1) is 0 Å². The maximum atomic E-state index is 4.23. The minimum absolute atomic E-state index is 0.221. The van der Waals surface area contributed by atoms with Crippen molar-refractivity contribution >= 4 is 0 Å². The minimum Gasteiger partial charge on any atom is -0.312 e. The van der Waals surface area contributed by atoms with Crippen molar-refractivity contribution in [3.8, 4) is 0 Å². The van der Waals surface area contributed by atoms with Crippen molar-refractivity contribution in [1.82, 2.24) is 15.1 Å². The van der Waals surface area contributed by atoms with Crippen LogP contribution in [-0.2, 0) is 13.5 Å². The molecule has 1 heterocycles. The van der Waals surface area contributed by atoms with Crippen LogP contribution in [0.1, 0.15) is 52.7 Å². The fraction of sp³-hybridized carbons (Fsp3) is 0.800. The molecule has 0 fully saturated rings. The average molecular weight is 251 g/mol. The number of aryl methyl sites for hydroxylation is 2. The molecule has 0 bridgehead atoms. The lowest BCUT2D eigenvalue weighted by molar-refractivity contribution is 0.342. The summed E-state index contributed by atoms with van der Waals surface area (Å²) in [5, 5.41) is 7.86. The summed E-state index contributed by atoms with van der Waals surface area (Å²) in [7, 11) is 2.03. The van der Waals surface area contributed by atoms with Gasteiger partial charge >= 0.3 is 0 Å². The summed E-state index contributed by atoms with van der Waals surface area (Å²) >= 11 is 0. The van der Waals surface area contributed by atoms with Crippen molar-refractivity contribution in [3.05, 3.63) is 18.0 Å². The zero-order valence-electron chi connectivity index (χ0n) is 12.7. The lowest BCUT2D eigenvalue weighted by Crippen LogP contribution is -2.39. The van der Waals surface area contributed by atoms with E-state index in [1.165, 1.54) is 25.0 Å². The van der Waals surface area contributed by atoms with Crippen LogP contribution in [0.3, 0.4) is 0 Å². The Labute approximate surface area is 112 Å². The Morgan fingerprint density at radius 3 is 2.56 bits per heavy atom. The molecule has 0 saturated carbocycles.